The monoisotopic (exact) mass is 386 g/mol. The molecule has 0 amide bonds. The SMILES string of the molecule is O=S(O)OCCCCC(Br)(Br)Br. The number of rotatable bonds is 5. The minimum absolute atomic E-state index is 0.217. The third-order valence-corrected chi connectivity index (χ3v) is 2.60. The summed E-state index contributed by atoms with van der Waals surface area (Å²) >= 11 is 7.90. The van der Waals surface area contributed by atoms with Crippen molar-refractivity contribution in [2.24, 2.45) is 0 Å². The molecule has 0 radical (unpaired) electrons. The molecule has 1 unspecified atom stereocenters. The Morgan fingerprint density at radius 3 is 2.33 bits per heavy atom. The Labute approximate surface area is 99.5 Å². The summed E-state index contributed by atoms with van der Waals surface area (Å²) in [4.78, 5) is 0. The number of halogens is 3. The lowest BCUT2D eigenvalue weighted by Gasteiger charge is -2.10. The van der Waals surface area contributed by atoms with Gasteiger partial charge in [-0.25, -0.2) is 0 Å². The molecule has 0 aliphatic rings. The second-order valence-corrected chi connectivity index (χ2v) is 10.0. The highest BCUT2D eigenvalue weighted by atomic mass is 80.0. The highest BCUT2D eigenvalue weighted by molar-refractivity contribution is 9.39. The van der Waals surface area contributed by atoms with Crippen molar-refractivity contribution >= 4 is 59.2 Å². The van der Waals surface area contributed by atoms with Gasteiger partial charge in [0, 0.05) is 0 Å². The molecule has 0 bridgehead atoms. The van der Waals surface area contributed by atoms with E-state index in [0.29, 0.717) is 6.61 Å². The first kappa shape index (κ1) is 13.5. The Hall–Kier alpha value is 1.51. The molecule has 74 valence electrons. The second kappa shape index (κ2) is 6.89. The first-order valence-corrected chi connectivity index (χ1v) is 6.64. The van der Waals surface area contributed by atoms with Crippen molar-refractivity contribution in [3.63, 3.8) is 0 Å². The van der Waals surface area contributed by atoms with Crippen LogP contribution in [-0.4, -0.2) is 17.5 Å². The quantitative estimate of drug-likeness (QED) is 0.447. The van der Waals surface area contributed by atoms with E-state index >= 15 is 0 Å². The van der Waals surface area contributed by atoms with Crippen molar-refractivity contribution < 1.29 is 12.9 Å². The minimum atomic E-state index is -2.13. The van der Waals surface area contributed by atoms with Gasteiger partial charge in [-0.2, -0.15) is 4.21 Å². The van der Waals surface area contributed by atoms with Crippen LogP contribution in [-0.2, 0) is 15.5 Å². The fourth-order valence-corrected chi connectivity index (χ4v) is 1.66. The van der Waals surface area contributed by atoms with Crippen molar-refractivity contribution in [1.82, 2.24) is 0 Å². The maximum Gasteiger partial charge on any atom is 0.301 e. The fourth-order valence-electron chi connectivity index (χ4n) is 0.558. The van der Waals surface area contributed by atoms with Crippen LogP contribution in [0, 0.1) is 0 Å². The summed E-state index contributed by atoms with van der Waals surface area (Å²) in [6, 6.07) is 0. The van der Waals surface area contributed by atoms with Crippen LogP contribution in [0.25, 0.3) is 0 Å². The summed E-state index contributed by atoms with van der Waals surface area (Å²) in [5.41, 5.74) is 0. The molecular weight excluding hydrogens is 380 g/mol. The summed E-state index contributed by atoms with van der Waals surface area (Å²) in [5.74, 6) is 0. The molecule has 0 aliphatic heterocycles. The smallest absolute Gasteiger partial charge is 0.284 e. The van der Waals surface area contributed by atoms with Crippen molar-refractivity contribution in [2.45, 2.75) is 21.4 Å². The molecule has 0 aromatic heterocycles. The molecule has 0 rings (SSSR count). The van der Waals surface area contributed by atoms with E-state index in [2.05, 4.69) is 52.0 Å². The summed E-state index contributed by atoms with van der Waals surface area (Å²) in [6.07, 6.45) is 2.53. The highest BCUT2D eigenvalue weighted by Gasteiger charge is 2.16. The molecule has 0 heterocycles. The van der Waals surface area contributed by atoms with E-state index in [1.54, 1.807) is 0 Å². The van der Waals surface area contributed by atoms with Crippen LogP contribution in [0.15, 0.2) is 0 Å². The normalized spacial score (nSPS) is 14.7. The zero-order valence-corrected chi connectivity index (χ0v) is 11.7. The van der Waals surface area contributed by atoms with Gasteiger partial charge in [0.1, 0.15) is 2.14 Å². The lowest BCUT2D eigenvalue weighted by molar-refractivity contribution is 0.297. The standard InChI is InChI=1S/C5H9Br3O3S/c6-5(7,8)3-1-2-4-11-12(9)10/h1-4H2,(H,9,10). The summed E-state index contributed by atoms with van der Waals surface area (Å²) < 4.78 is 22.5. The average Bonchev–Trinajstić information content (AvgIpc) is 1.83. The van der Waals surface area contributed by atoms with E-state index in [1.807, 2.05) is 0 Å². The van der Waals surface area contributed by atoms with E-state index in [9.17, 15) is 4.21 Å². The average molecular weight is 389 g/mol. The molecule has 1 N–H and O–H groups in total. The van der Waals surface area contributed by atoms with E-state index in [1.165, 1.54) is 0 Å². The van der Waals surface area contributed by atoms with Gasteiger partial charge in [0.05, 0.1) is 6.61 Å². The van der Waals surface area contributed by atoms with Gasteiger partial charge in [-0.05, 0) is 19.3 Å². The number of unbranched alkanes of at least 4 members (excludes halogenated alkanes) is 1. The van der Waals surface area contributed by atoms with E-state index < -0.39 is 11.4 Å². The van der Waals surface area contributed by atoms with E-state index in [0.717, 1.165) is 19.3 Å². The van der Waals surface area contributed by atoms with Gasteiger partial charge < -0.3 is 0 Å². The third-order valence-electron chi connectivity index (χ3n) is 1.04. The van der Waals surface area contributed by atoms with Crippen molar-refractivity contribution in [2.75, 3.05) is 6.61 Å². The molecule has 0 aliphatic carbocycles. The van der Waals surface area contributed by atoms with Crippen LogP contribution in [0.2, 0.25) is 0 Å². The zero-order valence-electron chi connectivity index (χ0n) is 6.13. The maximum absolute atomic E-state index is 10.0. The lowest BCUT2D eigenvalue weighted by atomic mass is 10.3. The van der Waals surface area contributed by atoms with Crippen LogP contribution in [0.4, 0.5) is 0 Å². The molecule has 3 nitrogen and oxygen atoms in total. The molecular formula is C5H9Br3O3S. The molecule has 0 aromatic rings. The van der Waals surface area contributed by atoms with Crippen molar-refractivity contribution in [3.8, 4) is 0 Å². The first-order valence-electron chi connectivity index (χ1n) is 3.23. The Balaban J connectivity index is 3.17. The Kier molecular flexibility index (Phi) is 7.76. The van der Waals surface area contributed by atoms with Gasteiger partial charge in [-0.1, -0.05) is 47.8 Å². The second-order valence-electron chi connectivity index (χ2n) is 2.11. The Bertz CT molecular complexity index is 147. The first-order chi connectivity index (χ1) is 5.42. The number of alkyl halides is 3. The molecule has 0 aromatic carbocycles. The molecule has 0 saturated carbocycles. The van der Waals surface area contributed by atoms with Crippen LogP contribution < -0.4 is 0 Å². The summed E-state index contributed by atoms with van der Waals surface area (Å²) in [5, 5.41) is 0. The van der Waals surface area contributed by atoms with Gasteiger partial charge in [-0.3, -0.25) is 8.74 Å². The fraction of sp³-hybridized carbons (Fsp3) is 1.00. The zero-order chi connectivity index (χ0) is 9.61. The Morgan fingerprint density at radius 2 is 1.92 bits per heavy atom. The third kappa shape index (κ3) is 11.5. The molecule has 0 fully saturated rings. The number of hydrogen-bond donors (Lipinski definition) is 1. The van der Waals surface area contributed by atoms with Gasteiger partial charge >= 0.3 is 11.4 Å². The lowest BCUT2D eigenvalue weighted by Crippen LogP contribution is -2.01. The van der Waals surface area contributed by atoms with E-state index in [4.69, 9.17) is 4.55 Å². The van der Waals surface area contributed by atoms with Crippen LogP contribution >= 0.6 is 47.8 Å². The summed E-state index contributed by atoms with van der Waals surface area (Å²) in [6.45, 7) is 0.312. The predicted octanol–water partition coefficient (Wildman–Crippen LogP) is 3.15. The van der Waals surface area contributed by atoms with Gasteiger partial charge in [0.2, 0.25) is 0 Å². The van der Waals surface area contributed by atoms with E-state index in [-0.39, 0.29) is 2.14 Å². The van der Waals surface area contributed by atoms with Crippen LogP contribution in [0.3, 0.4) is 0 Å². The summed E-state index contributed by atoms with van der Waals surface area (Å²) in [7, 11) is 0. The van der Waals surface area contributed by atoms with Gasteiger partial charge in [0.25, 0.3) is 0 Å². The van der Waals surface area contributed by atoms with Gasteiger partial charge in [0.15, 0.2) is 0 Å². The van der Waals surface area contributed by atoms with Gasteiger partial charge in [-0.15, -0.1) is 0 Å². The molecule has 12 heavy (non-hydrogen) atoms. The maximum atomic E-state index is 10.0. The van der Waals surface area contributed by atoms with Crippen molar-refractivity contribution in [1.29, 1.82) is 0 Å². The molecule has 1 atom stereocenters. The van der Waals surface area contributed by atoms with Crippen molar-refractivity contribution in [3.05, 3.63) is 0 Å². The predicted molar refractivity (Wildman–Crippen MR) is 60.1 cm³/mol. The van der Waals surface area contributed by atoms with Crippen LogP contribution in [0.1, 0.15) is 19.3 Å². The topological polar surface area (TPSA) is 46.5 Å². The number of hydrogen-bond acceptors (Lipinski definition) is 2. The largest absolute Gasteiger partial charge is 0.301 e. The van der Waals surface area contributed by atoms with Crippen LogP contribution in [0.5, 0.6) is 0 Å². The highest BCUT2D eigenvalue weighted by Crippen LogP contribution is 2.38. The molecule has 0 saturated heterocycles. The molecule has 7 heteroatoms. The Morgan fingerprint density at radius 1 is 1.33 bits per heavy atom. The minimum Gasteiger partial charge on any atom is -0.284 e. The molecule has 0 spiro atoms.